The Morgan fingerprint density at radius 1 is 1.47 bits per heavy atom. The number of carbonyl (C=O) groups excluding carboxylic acids is 1. The molecule has 8 nitrogen and oxygen atoms in total. The Hall–Kier alpha value is -2.48. The summed E-state index contributed by atoms with van der Waals surface area (Å²) in [7, 11) is 1.72. The Kier molecular flexibility index (Phi) is 2.64. The van der Waals surface area contributed by atoms with Gasteiger partial charge in [-0.3, -0.25) is 14.8 Å². The number of hydrogen-bond acceptors (Lipinski definition) is 5. The van der Waals surface area contributed by atoms with Crippen LogP contribution in [0.5, 0.6) is 0 Å². The van der Waals surface area contributed by atoms with Crippen molar-refractivity contribution in [1.82, 2.24) is 29.7 Å². The Bertz CT molecular complexity index is 762. The zero-order valence-electron chi connectivity index (χ0n) is 9.75. The highest BCUT2D eigenvalue weighted by Gasteiger charge is 2.13. The first kappa shape index (κ1) is 11.6. The summed E-state index contributed by atoms with van der Waals surface area (Å²) >= 11 is 5.94. The van der Waals surface area contributed by atoms with Crippen LogP contribution in [0.3, 0.4) is 0 Å². The minimum atomic E-state index is -0.411. The number of aromatic nitrogens is 6. The molecule has 9 heteroatoms. The number of aromatic amines is 1. The molecule has 0 aliphatic heterocycles. The molecule has 0 aromatic carbocycles. The number of amides is 1. The quantitative estimate of drug-likeness (QED) is 0.680. The molecule has 0 unspecified atom stereocenters. The lowest BCUT2D eigenvalue weighted by molar-refractivity contribution is 0.102. The van der Waals surface area contributed by atoms with E-state index in [9.17, 15) is 4.79 Å². The summed E-state index contributed by atoms with van der Waals surface area (Å²) in [5.41, 5.74) is 1.18. The summed E-state index contributed by atoms with van der Waals surface area (Å²) in [5, 5.41) is 6.69. The van der Waals surface area contributed by atoms with Crippen molar-refractivity contribution in [3.8, 4) is 0 Å². The van der Waals surface area contributed by atoms with Crippen LogP contribution >= 0.6 is 11.6 Å². The van der Waals surface area contributed by atoms with Crippen molar-refractivity contribution in [1.29, 1.82) is 0 Å². The number of fused-ring (bicyclic) bond motifs is 1. The van der Waals surface area contributed by atoms with E-state index in [0.717, 1.165) is 0 Å². The normalized spacial score (nSPS) is 10.8. The lowest BCUT2D eigenvalue weighted by Gasteiger charge is -2.01. The lowest BCUT2D eigenvalue weighted by Crippen LogP contribution is -2.15. The number of H-pyrrole nitrogens is 1. The van der Waals surface area contributed by atoms with Gasteiger partial charge in [0, 0.05) is 13.2 Å². The molecule has 0 saturated heterocycles. The molecule has 0 aliphatic carbocycles. The molecule has 3 rings (SSSR count). The molecule has 0 spiro atoms. The summed E-state index contributed by atoms with van der Waals surface area (Å²) in [4.78, 5) is 26.7. The minimum Gasteiger partial charge on any atom is -0.341 e. The molecular formula is C10H8ClN7O. The van der Waals surface area contributed by atoms with Crippen LogP contribution in [0.25, 0.3) is 11.2 Å². The van der Waals surface area contributed by atoms with E-state index in [1.165, 1.54) is 11.0 Å². The maximum Gasteiger partial charge on any atom is 0.278 e. The SMILES string of the molecule is Cn1ccc(C(=O)Nc2nc(Cl)c3[nH]cnc3n2)n1. The minimum absolute atomic E-state index is 0.0836. The highest BCUT2D eigenvalue weighted by molar-refractivity contribution is 6.33. The number of anilines is 1. The third-order valence-electron chi connectivity index (χ3n) is 2.41. The monoisotopic (exact) mass is 277 g/mol. The summed E-state index contributed by atoms with van der Waals surface area (Å²) in [6.45, 7) is 0. The van der Waals surface area contributed by atoms with Crippen LogP contribution in [0.4, 0.5) is 5.95 Å². The van der Waals surface area contributed by atoms with Crippen LogP contribution < -0.4 is 5.32 Å². The van der Waals surface area contributed by atoms with Gasteiger partial charge in [-0.2, -0.15) is 15.1 Å². The molecule has 0 fully saturated rings. The number of imidazole rings is 1. The molecule has 2 N–H and O–H groups in total. The van der Waals surface area contributed by atoms with E-state index < -0.39 is 5.91 Å². The highest BCUT2D eigenvalue weighted by atomic mass is 35.5. The molecule has 0 aliphatic rings. The second-order valence-electron chi connectivity index (χ2n) is 3.77. The van der Waals surface area contributed by atoms with Crippen LogP contribution in [-0.2, 0) is 7.05 Å². The first-order chi connectivity index (χ1) is 9.13. The van der Waals surface area contributed by atoms with Gasteiger partial charge in [0.25, 0.3) is 5.91 Å². The van der Waals surface area contributed by atoms with Crippen molar-refractivity contribution in [2.75, 3.05) is 5.32 Å². The molecule has 0 radical (unpaired) electrons. The van der Waals surface area contributed by atoms with Crippen LogP contribution in [0, 0.1) is 0 Å². The molecule has 19 heavy (non-hydrogen) atoms. The number of hydrogen-bond donors (Lipinski definition) is 2. The molecule has 0 saturated carbocycles. The fourth-order valence-electron chi connectivity index (χ4n) is 1.56. The predicted molar refractivity (Wildman–Crippen MR) is 67.9 cm³/mol. The van der Waals surface area contributed by atoms with Gasteiger partial charge in [0.1, 0.15) is 5.52 Å². The van der Waals surface area contributed by atoms with E-state index in [1.54, 1.807) is 19.3 Å². The smallest absolute Gasteiger partial charge is 0.278 e. The van der Waals surface area contributed by atoms with Crippen molar-refractivity contribution >= 4 is 34.6 Å². The van der Waals surface area contributed by atoms with Gasteiger partial charge in [0.05, 0.1) is 6.33 Å². The molecule has 3 aromatic heterocycles. The fourth-order valence-corrected chi connectivity index (χ4v) is 1.77. The third kappa shape index (κ3) is 2.13. The van der Waals surface area contributed by atoms with Crippen molar-refractivity contribution in [2.24, 2.45) is 7.05 Å². The Morgan fingerprint density at radius 2 is 2.32 bits per heavy atom. The average molecular weight is 278 g/mol. The van der Waals surface area contributed by atoms with Gasteiger partial charge < -0.3 is 4.98 Å². The van der Waals surface area contributed by atoms with Gasteiger partial charge in [-0.1, -0.05) is 11.6 Å². The fraction of sp³-hybridized carbons (Fsp3) is 0.100. The van der Waals surface area contributed by atoms with Gasteiger partial charge in [-0.25, -0.2) is 4.98 Å². The summed E-state index contributed by atoms with van der Waals surface area (Å²) in [6.07, 6.45) is 3.12. The maximum absolute atomic E-state index is 11.9. The van der Waals surface area contributed by atoms with Crippen molar-refractivity contribution in [3.63, 3.8) is 0 Å². The molecule has 96 valence electrons. The number of aryl methyl sites for hydroxylation is 1. The van der Waals surface area contributed by atoms with Crippen molar-refractivity contribution in [2.45, 2.75) is 0 Å². The van der Waals surface area contributed by atoms with Crippen LogP contribution in [0.1, 0.15) is 10.5 Å². The highest BCUT2D eigenvalue weighted by Crippen LogP contribution is 2.18. The predicted octanol–water partition coefficient (Wildman–Crippen LogP) is 0.992. The largest absolute Gasteiger partial charge is 0.341 e. The molecule has 0 bridgehead atoms. The van der Waals surface area contributed by atoms with Crippen LogP contribution in [0.15, 0.2) is 18.6 Å². The van der Waals surface area contributed by atoms with E-state index in [1.807, 2.05) is 0 Å². The van der Waals surface area contributed by atoms with E-state index in [-0.39, 0.29) is 16.8 Å². The number of carbonyl (C=O) groups is 1. The van der Waals surface area contributed by atoms with E-state index >= 15 is 0 Å². The molecular weight excluding hydrogens is 270 g/mol. The Morgan fingerprint density at radius 3 is 3.05 bits per heavy atom. The number of nitrogens with one attached hydrogen (secondary N) is 2. The molecule has 3 aromatic rings. The number of rotatable bonds is 2. The third-order valence-corrected chi connectivity index (χ3v) is 2.69. The topological polar surface area (TPSA) is 101 Å². The van der Waals surface area contributed by atoms with Crippen molar-refractivity contribution < 1.29 is 4.79 Å². The average Bonchev–Trinajstić information content (AvgIpc) is 2.97. The summed E-state index contributed by atoms with van der Waals surface area (Å²) < 4.78 is 1.53. The molecule has 1 amide bonds. The van der Waals surface area contributed by atoms with Gasteiger partial charge in [-0.05, 0) is 6.07 Å². The zero-order valence-corrected chi connectivity index (χ0v) is 10.5. The lowest BCUT2D eigenvalue weighted by atomic mass is 10.4. The summed E-state index contributed by atoms with van der Waals surface area (Å²) in [6, 6.07) is 1.59. The molecule has 0 atom stereocenters. The number of halogens is 1. The van der Waals surface area contributed by atoms with E-state index in [0.29, 0.717) is 11.2 Å². The van der Waals surface area contributed by atoms with E-state index in [4.69, 9.17) is 11.6 Å². The van der Waals surface area contributed by atoms with Gasteiger partial charge in [-0.15, -0.1) is 0 Å². The second kappa shape index (κ2) is 4.32. The van der Waals surface area contributed by atoms with Crippen molar-refractivity contribution in [3.05, 3.63) is 29.4 Å². The van der Waals surface area contributed by atoms with Crippen LogP contribution in [-0.4, -0.2) is 35.6 Å². The van der Waals surface area contributed by atoms with Gasteiger partial charge in [0.2, 0.25) is 5.95 Å². The number of nitrogens with zero attached hydrogens (tertiary/aromatic N) is 5. The van der Waals surface area contributed by atoms with Gasteiger partial charge >= 0.3 is 0 Å². The van der Waals surface area contributed by atoms with Crippen LogP contribution in [0.2, 0.25) is 5.15 Å². The molecule has 3 heterocycles. The Labute approximate surface area is 111 Å². The zero-order chi connectivity index (χ0) is 13.4. The second-order valence-corrected chi connectivity index (χ2v) is 4.13. The summed E-state index contributed by atoms with van der Waals surface area (Å²) in [5.74, 6) is -0.327. The first-order valence-corrected chi connectivity index (χ1v) is 5.69. The first-order valence-electron chi connectivity index (χ1n) is 5.31. The van der Waals surface area contributed by atoms with E-state index in [2.05, 4.69) is 30.4 Å². The maximum atomic E-state index is 11.9. The Balaban J connectivity index is 1.90. The standard InChI is InChI=1S/C10H8ClN7O/c1-18-3-2-5(17-18)9(19)16-10-14-7(11)6-8(15-10)13-4-12-6/h2-4H,1H3,(H2,12,13,14,15,16,19). The van der Waals surface area contributed by atoms with Gasteiger partial charge in [0.15, 0.2) is 16.5 Å².